The zero-order valence-electron chi connectivity index (χ0n) is 9.58. The van der Waals surface area contributed by atoms with E-state index in [1.54, 1.807) is 0 Å². The van der Waals surface area contributed by atoms with E-state index in [-0.39, 0.29) is 27.3 Å². The van der Waals surface area contributed by atoms with Crippen LogP contribution in [0.1, 0.15) is 11.1 Å². The van der Waals surface area contributed by atoms with Gasteiger partial charge in [-0.1, -0.05) is 60.7 Å². The van der Waals surface area contributed by atoms with Crippen LogP contribution >= 0.6 is 25.3 Å². The van der Waals surface area contributed by atoms with Gasteiger partial charge in [0.25, 0.3) is 0 Å². The molecule has 2 aromatic carbocycles. The summed E-state index contributed by atoms with van der Waals surface area (Å²) in [6, 6.07) is 20.3. The Balaban J connectivity index is 0.000000284. The van der Waals surface area contributed by atoms with Crippen molar-refractivity contribution in [2.45, 2.75) is 11.5 Å². The van der Waals surface area contributed by atoms with Crippen LogP contribution < -0.4 is 0 Å². The zero-order valence-corrected chi connectivity index (χ0v) is 15.3. The number of thiol groups is 2. The molecule has 2 rings (SSSR count). The van der Waals surface area contributed by atoms with Gasteiger partial charge in [-0.3, -0.25) is 0 Å². The van der Waals surface area contributed by atoms with Crippen LogP contribution in [-0.4, -0.2) is 27.3 Å². The fourth-order valence-corrected chi connectivity index (χ4v) is 1.59. The second-order valence-electron chi connectivity index (χ2n) is 3.29. The zero-order chi connectivity index (χ0) is 11.6. The Hall–Kier alpha value is 0.0621. The first kappa shape index (κ1) is 17.1. The van der Waals surface area contributed by atoms with Gasteiger partial charge in [0.2, 0.25) is 0 Å². The number of rotatable bonds is 2. The van der Waals surface area contributed by atoms with Crippen molar-refractivity contribution in [1.29, 1.82) is 0 Å². The summed E-state index contributed by atoms with van der Waals surface area (Å²) in [7, 11) is 0. The molecule has 0 amide bonds. The molecule has 3 heteroatoms. The minimum absolute atomic E-state index is 0. The van der Waals surface area contributed by atoms with E-state index in [1.165, 1.54) is 11.1 Å². The molecule has 0 aliphatic heterocycles. The van der Waals surface area contributed by atoms with Gasteiger partial charge in [0.05, 0.1) is 0 Å². The smallest absolute Gasteiger partial charge is 0.175 e. The first-order chi connectivity index (χ1) is 7.86. The maximum absolute atomic E-state index is 4.11. The summed E-state index contributed by atoms with van der Waals surface area (Å²) in [5.41, 5.74) is 2.55. The Labute approximate surface area is 135 Å². The fourth-order valence-electron chi connectivity index (χ4n) is 1.17. The van der Waals surface area contributed by atoms with Gasteiger partial charge < -0.3 is 0 Å². The third kappa shape index (κ3) is 7.89. The average Bonchev–Trinajstić information content (AvgIpc) is 2.41. The van der Waals surface area contributed by atoms with E-state index < -0.39 is 0 Å². The van der Waals surface area contributed by atoms with Crippen molar-refractivity contribution >= 4 is 52.6 Å². The minimum Gasteiger partial charge on any atom is -0.175 e. The minimum atomic E-state index is 0. The van der Waals surface area contributed by atoms with Crippen LogP contribution in [-0.2, 0) is 11.5 Å². The summed E-state index contributed by atoms with van der Waals surface area (Å²) in [5.74, 6) is 1.67. The van der Waals surface area contributed by atoms with Crippen molar-refractivity contribution in [3.63, 3.8) is 0 Å². The molecule has 0 aromatic heterocycles. The summed E-state index contributed by atoms with van der Waals surface area (Å²) in [4.78, 5) is 0. The van der Waals surface area contributed by atoms with Crippen molar-refractivity contribution in [3.8, 4) is 0 Å². The van der Waals surface area contributed by atoms with Crippen molar-refractivity contribution in [1.82, 2.24) is 0 Å². The van der Waals surface area contributed by atoms with E-state index >= 15 is 0 Å². The van der Waals surface area contributed by atoms with Gasteiger partial charge in [-0.2, -0.15) is 25.3 Å². The third-order valence-electron chi connectivity index (χ3n) is 2.05. The molecule has 0 saturated carbocycles. The van der Waals surface area contributed by atoms with E-state index in [1.807, 2.05) is 36.4 Å². The van der Waals surface area contributed by atoms with E-state index in [4.69, 9.17) is 0 Å². The Kier molecular flexibility index (Phi) is 11.2. The quantitative estimate of drug-likeness (QED) is 0.499. The standard InChI is InChI=1S/2C7H8S.Pb/c2*8-6-7-4-2-1-3-5-7;/h2*1-5,8H,6H2;/q;;+2. The van der Waals surface area contributed by atoms with Crippen molar-refractivity contribution in [2.24, 2.45) is 0 Å². The van der Waals surface area contributed by atoms with Crippen molar-refractivity contribution in [3.05, 3.63) is 71.8 Å². The number of hydrogen-bond acceptors (Lipinski definition) is 2. The first-order valence-electron chi connectivity index (χ1n) is 5.16. The molecule has 0 N–H and O–H groups in total. The van der Waals surface area contributed by atoms with Crippen LogP contribution in [0.3, 0.4) is 0 Å². The molecule has 86 valence electrons. The molecule has 0 nitrogen and oxygen atoms in total. The van der Waals surface area contributed by atoms with Gasteiger partial charge in [-0.05, 0) is 11.1 Å². The molecule has 17 heavy (non-hydrogen) atoms. The Morgan fingerprint density at radius 3 is 1.06 bits per heavy atom. The van der Waals surface area contributed by atoms with Crippen LogP contribution in [0.2, 0.25) is 0 Å². The normalized spacial score (nSPS) is 8.59. The molecular weight excluding hydrogens is 439 g/mol. The second kappa shape index (κ2) is 11.2. The topological polar surface area (TPSA) is 0 Å². The molecule has 2 aromatic rings. The van der Waals surface area contributed by atoms with E-state index in [0.717, 1.165) is 11.5 Å². The fraction of sp³-hybridized carbons (Fsp3) is 0.143. The van der Waals surface area contributed by atoms with Gasteiger partial charge in [-0.15, -0.1) is 0 Å². The van der Waals surface area contributed by atoms with Crippen LogP contribution in [0.25, 0.3) is 0 Å². The van der Waals surface area contributed by atoms with Crippen LogP contribution in [0, 0.1) is 0 Å². The molecule has 0 unspecified atom stereocenters. The van der Waals surface area contributed by atoms with Gasteiger partial charge in [0.15, 0.2) is 0 Å². The Morgan fingerprint density at radius 2 is 0.882 bits per heavy atom. The molecular formula is C14H16PbS2+2. The third-order valence-corrected chi connectivity index (χ3v) is 2.78. The van der Waals surface area contributed by atoms with E-state index in [2.05, 4.69) is 49.5 Å². The summed E-state index contributed by atoms with van der Waals surface area (Å²) in [6.07, 6.45) is 0. The molecule has 2 radical (unpaired) electrons. The van der Waals surface area contributed by atoms with Gasteiger partial charge in [0, 0.05) is 11.5 Å². The molecule has 0 spiro atoms. The maximum atomic E-state index is 4.11. The molecule has 0 bridgehead atoms. The van der Waals surface area contributed by atoms with E-state index in [0.29, 0.717) is 0 Å². The number of hydrogen-bond donors (Lipinski definition) is 2. The number of benzene rings is 2. The van der Waals surface area contributed by atoms with E-state index in [9.17, 15) is 0 Å². The molecule has 0 heterocycles. The monoisotopic (exact) mass is 456 g/mol. The maximum Gasteiger partial charge on any atom is 2.00 e. The largest absolute Gasteiger partial charge is 2.00 e. The van der Waals surface area contributed by atoms with Gasteiger partial charge in [-0.25, -0.2) is 0 Å². The average molecular weight is 456 g/mol. The van der Waals surface area contributed by atoms with Gasteiger partial charge in [0.1, 0.15) is 0 Å². The first-order valence-corrected chi connectivity index (χ1v) is 6.43. The van der Waals surface area contributed by atoms with Crippen LogP contribution in [0.15, 0.2) is 60.7 Å². The molecule has 0 saturated heterocycles. The predicted molar refractivity (Wildman–Crippen MR) is 84.0 cm³/mol. The molecule has 0 fully saturated rings. The SMILES string of the molecule is SCc1ccccc1.SCc1ccccc1.[Pb+2]. The molecule has 0 aliphatic rings. The summed E-state index contributed by atoms with van der Waals surface area (Å²) in [6.45, 7) is 0. The van der Waals surface area contributed by atoms with Crippen LogP contribution in [0.4, 0.5) is 0 Å². The summed E-state index contributed by atoms with van der Waals surface area (Å²) in [5, 5.41) is 0. The summed E-state index contributed by atoms with van der Waals surface area (Å²) >= 11 is 8.22. The van der Waals surface area contributed by atoms with Crippen LogP contribution in [0.5, 0.6) is 0 Å². The van der Waals surface area contributed by atoms with Crippen molar-refractivity contribution < 1.29 is 0 Å². The Morgan fingerprint density at radius 1 is 0.588 bits per heavy atom. The van der Waals surface area contributed by atoms with Crippen molar-refractivity contribution in [2.75, 3.05) is 0 Å². The predicted octanol–water partition coefficient (Wildman–Crippen LogP) is 3.85. The Bertz CT molecular complexity index is 336. The molecule has 0 atom stereocenters. The second-order valence-corrected chi connectivity index (χ2v) is 3.92. The summed E-state index contributed by atoms with van der Waals surface area (Å²) < 4.78 is 0. The molecule has 0 aliphatic carbocycles. The van der Waals surface area contributed by atoms with Gasteiger partial charge >= 0.3 is 27.3 Å².